The van der Waals surface area contributed by atoms with Gasteiger partial charge in [0, 0.05) is 6.07 Å². The number of imide groups is 1. The number of carbonyl (C=O) groups excluding carboxylic acids is 2. The van der Waals surface area contributed by atoms with Crippen molar-refractivity contribution in [3.63, 3.8) is 0 Å². The number of hydrogen-bond donors (Lipinski definition) is 2. The molecule has 1 aromatic heterocycles. The first kappa shape index (κ1) is 13.1. The number of rotatable bonds is 1. The molecule has 106 valence electrons. The van der Waals surface area contributed by atoms with Crippen LogP contribution in [0.5, 0.6) is 0 Å². The summed E-state index contributed by atoms with van der Waals surface area (Å²) in [5.74, 6) is -1.18. The predicted molar refractivity (Wildman–Crippen MR) is 77.7 cm³/mol. The minimum atomic E-state index is -0.590. The van der Waals surface area contributed by atoms with Gasteiger partial charge in [0.15, 0.2) is 0 Å². The van der Waals surface area contributed by atoms with Gasteiger partial charge in [-0.15, -0.1) is 0 Å². The Kier molecular flexibility index (Phi) is 2.69. The summed E-state index contributed by atoms with van der Waals surface area (Å²) in [5, 5.41) is 2.15. The van der Waals surface area contributed by atoms with Gasteiger partial charge in [0.25, 0.3) is 17.4 Å². The van der Waals surface area contributed by atoms with Crippen molar-refractivity contribution in [2.75, 3.05) is 5.73 Å². The summed E-state index contributed by atoms with van der Waals surface area (Å²) in [7, 11) is 0. The molecule has 0 aliphatic carbocycles. The summed E-state index contributed by atoms with van der Waals surface area (Å²) in [6, 6.07) is 6.73. The van der Waals surface area contributed by atoms with Gasteiger partial charge in [-0.2, -0.15) is 0 Å². The van der Waals surface area contributed by atoms with Crippen molar-refractivity contribution in [3.05, 3.63) is 56.9 Å². The molecule has 1 aromatic carbocycles. The van der Waals surface area contributed by atoms with Gasteiger partial charge in [-0.1, -0.05) is 18.2 Å². The predicted octanol–water partition coefficient (Wildman–Crippen LogP) is 0.920. The molecule has 1 aliphatic heterocycles. The maximum absolute atomic E-state index is 12.3. The Morgan fingerprint density at radius 1 is 1.05 bits per heavy atom. The number of aryl methyl sites for hydroxylation is 2. The molecule has 2 heterocycles. The number of fused-ring (bicyclic) bond motifs is 1. The Labute approximate surface area is 120 Å². The topological polar surface area (TPSA) is 94.2 Å². The third kappa shape index (κ3) is 1.76. The fourth-order valence-electron chi connectivity index (χ4n) is 2.67. The fourth-order valence-corrected chi connectivity index (χ4v) is 2.67. The summed E-state index contributed by atoms with van der Waals surface area (Å²) < 4.78 is 1.28. The third-order valence-corrected chi connectivity index (χ3v) is 3.62. The van der Waals surface area contributed by atoms with Crippen LogP contribution < -0.4 is 16.6 Å². The molecule has 21 heavy (non-hydrogen) atoms. The first-order valence-corrected chi connectivity index (χ1v) is 6.39. The van der Waals surface area contributed by atoms with E-state index in [2.05, 4.69) is 5.32 Å². The Bertz CT molecular complexity index is 845. The molecule has 0 unspecified atom stereocenters. The second-order valence-corrected chi connectivity index (χ2v) is 5.02. The molecule has 0 fully saturated rings. The van der Waals surface area contributed by atoms with Crippen LogP contribution >= 0.6 is 0 Å². The Morgan fingerprint density at radius 2 is 1.67 bits per heavy atom. The van der Waals surface area contributed by atoms with Crippen LogP contribution in [0.1, 0.15) is 31.8 Å². The number of para-hydroxylation sites is 1. The molecular weight excluding hydrogens is 270 g/mol. The molecular formula is C15H13N3O3. The maximum Gasteiger partial charge on any atom is 0.262 e. The number of benzene rings is 1. The van der Waals surface area contributed by atoms with Crippen LogP contribution in [-0.2, 0) is 0 Å². The van der Waals surface area contributed by atoms with E-state index in [-0.39, 0.29) is 16.9 Å². The molecule has 2 aromatic rings. The van der Waals surface area contributed by atoms with Crippen molar-refractivity contribution in [1.82, 2.24) is 9.88 Å². The summed E-state index contributed by atoms with van der Waals surface area (Å²) in [5.41, 5.74) is 8.01. The van der Waals surface area contributed by atoms with Crippen LogP contribution in [-0.4, -0.2) is 16.4 Å². The van der Waals surface area contributed by atoms with E-state index in [0.29, 0.717) is 5.69 Å². The zero-order chi connectivity index (χ0) is 15.3. The highest BCUT2D eigenvalue weighted by atomic mass is 16.2. The molecule has 2 amide bonds. The van der Waals surface area contributed by atoms with E-state index in [0.717, 1.165) is 17.2 Å². The number of pyridine rings is 1. The SMILES string of the molecule is Cc1cccc(C)c1-n1c(N)c2c(cc1=O)C(=O)NC2=O. The lowest BCUT2D eigenvalue weighted by molar-refractivity contribution is 0.0880. The second kappa shape index (κ2) is 4.31. The molecule has 6 nitrogen and oxygen atoms in total. The summed E-state index contributed by atoms with van der Waals surface area (Å²) in [6.45, 7) is 3.71. The van der Waals surface area contributed by atoms with Gasteiger partial charge in [-0.3, -0.25) is 24.3 Å². The highest BCUT2D eigenvalue weighted by molar-refractivity contribution is 6.23. The second-order valence-electron chi connectivity index (χ2n) is 5.02. The lowest BCUT2D eigenvalue weighted by Gasteiger charge is -2.16. The van der Waals surface area contributed by atoms with Crippen molar-refractivity contribution in [1.29, 1.82) is 0 Å². The van der Waals surface area contributed by atoms with Crippen molar-refractivity contribution in [2.45, 2.75) is 13.8 Å². The Balaban J connectivity index is 2.42. The van der Waals surface area contributed by atoms with Crippen LogP contribution in [0.4, 0.5) is 5.82 Å². The maximum atomic E-state index is 12.3. The minimum absolute atomic E-state index is 0.0155. The molecule has 0 saturated heterocycles. The molecule has 0 atom stereocenters. The minimum Gasteiger partial charge on any atom is -0.384 e. The summed E-state index contributed by atoms with van der Waals surface area (Å²) >= 11 is 0. The summed E-state index contributed by atoms with van der Waals surface area (Å²) in [4.78, 5) is 35.8. The van der Waals surface area contributed by atoms with Gasteiger partial charge in [-0.25, -0.2) is 0 Å². The molecule has 0 saturated carbocycles. The van der Waals surface area contributed by atoms with Crippen molar-refractivity contribution in [3.8, 4) is 5.69 Å². The van der Waals surface area contributed by atoms with Crippen LogP contribution in [0.25, 0.3) is 5.69 Å². The van der Waals surface area contributed by atoms with E-state index in [1.165, 1.54) is 4.57 Å². The van der Waals surface area contributed by atoms with Gasteiger partial charge in [0.05, 0.1) is 16.8 Å². The molecule has 3 rings (SSSR count). The number of amides is 2. The molecule has 0 bridgehead atoms. The lowest BCUT2D eigenvalue weighted by atomic mass is 10.1. The van der Waals surface area contributed by atoms with Crippen molar-refractivity contribution < 1.29 is 9.59 Å². The summed E-state index contributed by atoms with van der Waals surface area (Å²) in [6.07, 6.45) is 0. The molecule has 6 heteroatoms. The largest absolute Gasteiger partial charge is 0.384 e. The smallest absolute Gasteiger partial charge is 0.262 e. The van der Waals surface area contributed by atoms with Crippen LogP contribution in [0.15, 0.2) is 29.1 Å². The first-order valence-electron chi connectivity index (χ1n) is 6.39. The normalized spacial score (nSPS) is 13.2. The van der Waals surface area contributed by atoms with Gasteiger partial charge < -0.3 is 5.73 Å². The quantitative estimate of drug-likeness (QED) is 0.761. The van der Waals surface area contributed by atoms with Crippen molar-refractivity contribution >= 4 is 17.6 Å². The molecule has 3 N–H and O–H groups in total. The molecule has 0 spiro atoms. The van der Waals surface area contributed by atoms with Gasteiger partial charge >= 0.3 is 0 Å². The van der Waals surface area contributed by atoms with Crippen LogP contribution in [0.3, 0.4) is 0 Å². The number of anilines is 1. The number of nitrogens with zero attached hydrogens (tertiary/aromatic N) is 1. The number of aromatic nitrogens is 1. The van der Waals surface area contributed by atoms with E-state index in [1.807, 2.05) is 32.0 Å². The number of hydrogen-bond acceptors (Lipinski definition) is 4. The number of nitrogens with two attached hydrogens (primary N) is 1. The standard InChI is InChI=1S/C15H13N3O3/c1-7-4-3-5-8(2)12(7)18-10(19)6-9-11(13(18)16)15(21)17-14(9)20/h3-6H,16H2,1-2H3,(H,17,20,21). The Hall–Kier alpha value is -2.89. The first-order chi connectivity index (χ1) is 9.91. The van der Waals surface area contributed by atoms with E-state index >= 15 is 0 Å². The van der Waals surface area contributed by atoms with E-state index in [1.54, 1.807) is 0 Å². The van der Waals surface area contributed by atoms with E-state index in [9.17, 15) is 14.4 Å². The highest BCUT2D eigenvalue weighted by Crippen LogP contribution is 2.25. The zero-order valence-electron chi connectivity index (χ0n) is 11.6. The van der Waals surface area contributed by atoms with Crippen LogP contribution in [0.2, 0.25) is 0 Å². The van der Waals surface area contributed by atoms with Gasteiger partial charge in [-0.05, 0) is 25.0 Å². The van der Waals surface area contributed by atoms with E-state index < -0.39 is 17.4 Å². The monoisotopic (exact) mass is 283 g/mol. The number of carbonyl (C=O) groups is 2. The lowest BCUT2D eigenvalue weighted by Crippen LogP contribution is -2.25. The molecule has 1 aliphatic rings. The van der Waals surface area contributed by atoms with Gasteiger partial charge in [0.2, 0.25) is 0 Å². The zero-order valence-corrected chi connectivity index (χ0v) is 11.6. The van der Waals surface area contributed by atoms with Crippen LogP contribution in [0, 0.1) is 13.8 Å². The Morgan fingerprint density at radius 3 is 2.29 bits per heavy atom. The third-order valence-electron chi connectivity index (χ3n) is 3.62. The van der Waals surface area contributed by atoms with Gasteiger partial charge in [0.1, 0.15) is 5.82 Å². The average Bonchev–Trinajstić information content (AvgIpc) is 2.68. The highest BCUT2D eigenvalue weighted by Gasteiger charge is 2.32. The molecule has 0 radical (unpaired) electrons. The van der Waals surface area contributed by atoms with E-state index in [4.69, 9.17) is 5.73 Å². The fraction of sp³-hybridized carbons (Fsp3) is 0.133. The average molecular weight is 283 g/mol. The number of nitrogens with one attached hydrogen (secondary N) is 1. The number of nitrogen functional groups attached to an aromatic ring is 1. The van der Waals surface area contributed by atoms with Crippen molar-refractivity contribution in [2.24, 2.45) is 0 Å².